The Morgan fingerprint density at radius 3 is 1.47 bits per heavy atom. The second kappa shape index (κ2) is 10.2. The van der Waals surface area contributed by atoms with Gasteiger partial charge in [0.1, 0.15) is 11.2 Å². The zero-order valence-corrected chi connectivity index (χ0v) is 25.6. The van der Waals surface area contributed by atoms with Gasteiger partial charge in [0, 0.05) is 10.8 Å². The van der Waals surface area contributed by atoms with Crippen LogP contribution in [0.5, 0.6) is 0 Å². The monoisotopic (exact) mass is 596 g/mol. The number of hydrogen-bond acceptors (Lipinski definition) is 1. The molecular formula is C46H28O. The highest BCUT2D eigenvalue weighted by Crippen LogP contribution is 2.49. The first kappa shape index (κ1) is 26.1. The van der Waals surface area contributed by atoms with Crippen molar-refractivity contribution in [2.45, 2.75) is 0 Å². The number of benzene rings is 9. The summed E-state index contributed by atoms with van der Waals surface area (Å²) in [5, 5.41) is 9.84. The average molecular weight is 597 g/mol. The molecule has 1 nitrogen and oxygen atoms in total. The van der Waals surface area contributed by atoms with Crippen molar-refractivity contribution in [3.63, 3.8) is 0 Å². The molecule has 47 heavy (non-hydrogen) atoms. The maximum atomic E-state index is 6.34. The third kappa shape index (κ3) is 3.90. The van der Waals surface area contributed by atoms with Gasteiger partial charge in [0.25, 0.3) is 0 Å². The molecule has 0 spiro atoms. The van der Waals surface area contributed by atoms with Gasteiger partial charge in [-0.05, 0) is 95.0 Å². The van der Waals surface area contributed by atoms with Crippen LogP contribution in [0.4, 0.5) is 0 Å². The summed E-state index contributed by atoms with van der Waals surface area (Å²) in [5.41, 5.74) is 11.8. The Labute approximate surface area is 272 Å². The maximum absolute atomic E-state index is 6.34. The lowest BCUT2D eigenvalue weighted by Crippen LogP contribution is -1.93. The molecule has 0 saturated heterocycles. The van der Waals surface area contributed by atoms with Gasteiger partial charge in [-0.15, -0.1) is 0 Å². The van der Waals surface area contributed by atoms with Gasteiger partial charge in [0.2, 0.25) is 0 Å². The zero-order valence-electron chi connectivity index (χ0n) is 25.6. The molecule has 0 aliphatic carbocycles. The summed E-state index contributed by atoms with van der Waals surface area (Å²) in [7, 11) is 0. The smallest absolute Gasteiger partial charge is 0.136 e. The molecule has 0 saturated carbocycles. The van der Waals surface area contributed by atoms with Crippen molar-refractivity contribution in [3.8, 4) is 44.5 Å². The van der Waals surface area contributed by atoms with Gasteiger partial charge < -0.3 is 4.42 Å². The Bertz CT molecular complexity index is 2710. The lowest BCUT2D eigenvalue weighted by atomic mass is 9.82. The summed E-state index contributed by atoms with van der Waals surface area (Å²) in [5.74, 6) is 0. The van der Waals surface area contributed by atoms with Crippen molar-refractivity contribution in [2.75, 3.05) is 0 Å². The van der Waals surface area contributed by atoms with Gasteiger partial charge in [-0.3, -0.25) is 0 Å². The van der Waals surface area contributed by atoms with Gasteiger partial charge in [0.05, 0.1) is 0 Å². The quantitative estimate of drug-likeness (QED) is 0.145. The van der Waals surface area contributed by atoms with Gasteiger partial charge >= 0.3 is 0 Å². The van der Waals surface area contributed by atoms with E-state index in [1.165, 1.54) is 87.6 Å². The van der Waals surface area contributed by atoms with Gasteiger partial charge in [-0.2, -0.15) is 0 Å². The first-order valence-electron chi connectivity index (χ1n) is 16.2. The summed E-state index contributed by atoms with van der Waals surface area (Å²) >= 11 is 0. The fraction of sp³-hybridized carbons (Fsp3) is 0. The Kier molecular flexibility index (Phi) is 5.64. The second-order valence-corrected chi connectivity index (χ2v) is 12.4. The SMILES string of the molecule is c1ccc(-c2ccc(-c3ccccc3-c3c4ccccc4c(-c4cc5cccc6oc7cccc4c7c56)c4ccccc34)cc2)cc1. The van der Waals surface area contributed by atoms with Crippen LogP contribution in [-0.4, -0.2) is 0 Å². The molecule has 1 heteroatoms. The molecule has 1 aromatic heterocycles. The van der Waals surface area contributed by atoms with E-state index in [0.717, 1.165) is 11.2 Å². The molecule has 1 heterocycles. The molecule has 0 aliphatic heterocycles. The molecule has 0 radical (unpaired) electrons. The van der Waals surface area contributed by atoms with E-state index in [0.29, 0.717) is 0 Å². The molecule has 0 bridgehead atoms. The highest BCUT2D eigenvalue weighted by atomic mass is 16.3. The minimum Gasteiger partial charge on any atom is -0.456 e. The van der Waals surface area contributed by atoms with E-state index in [1.54, 1.807) is 0 Å². The number of rotatable bonds is 4. The summed E-state index contributed by atoms with van der Waals surface area (Å²) in [6, 6.07) is 61.5. The average Bonchev–Trinajstić information content (AvgIpc) is 3.53. The van der Waals surface area contributed by atoms with Crippen LogP contribution in [0.15, 0.2) is 174 Å². The van der Waals surface area contributed by atoms with Crippen molar-refractivity contribution in [1.82, 2.24) is 0 Å². The van der Waals surface area contributed by atoms with Crippen LogP contribution in [0, 0.1) is 0 Å². The predicted molar refractivity (Wildman–Crippen MR) is 199 cm³/mol. The van der Waals surface area contributed by atoms with Crippen LogP contribution >= 0.6 is 0 Å². The van der Waals surface area contributed by atoms with E-state index in [-0.39, 0.29) is 0 Å². The molecule has 218 valence electrons. The number of furan rings is 1. The van der Waals surface area contributed by atoms with E-state index in [9.17, 15) is 0 Å². The molecule has 10 aromatic rings. The van der Waals surface area contributed by atoms with E-state index < -0.39 is 0 Å². The number of fused-ring (bicyclic) bond motifs is 2. The van der Waals surface area contributed by atoms with Crippen LogP contribution in [0.25, 0.3) is 98.8 Å². The molecule has 0 aliphatic rings. The lowest BCUT2D eigenvalue weighted by molar-refractivity contribution is 0.669. The Balaban J connectivity index is 1.27. The minimum atomic E-state index is 0.938. The van der Waals surface area contributed by atoms with Gasteiger partial charge in [-0.25, -0.2) is 0 Å². The largest absolute Gasteiger partial charge is 0.456 e. The van der Waals surface area contributed by atoms with E-state index in [4.69, 9.17) is 4.42 Å². The maximum Gasteiger partial charge on any atom is 0.136 e. The molecule has 0 N–H and O–H groups in total. The van der Waals surface area contributed by atoms with Crippen molar-refractivity contribution < 1.29 is 4.42 Å². The zero-order chi connectivity index (χ0) is 30.9. The number of hydrogen-bond donors (Lipinski definition) is 0. The topological polar surface area (TPSA) is 13.1 Å². The molecule has 0 amide bonds. The summed E-state index contributed by atoms with van der Waals surface area (Å²) in [6.07, 6.45) is 0. The van der Waals surface area contributed by atoms with Crippen LogP contribution in [0.2, 0.25) is 0 Å². The first-order valence-corrected chi connectivity index (χ1v) is 16.2. The molecular weight excluding hydrogens is 569 g/mol. The van der Waals surface area contributed by atoms with Crippen LogP contribution in [0.1, 0.15) is 0 Å². The highest BCUT2D eigenvalue weighted by molar-refractivity contribution is 6.30. The molecule has 9 aromatic carbocycles. The van der Waals surface area contributed by atoms with Gasteiger partial charge in [0.15, 0.2) is 0 Å². The normalized spacial score (nSPS) is 11.8. The van der Waals surface area contributed by atoms with Crippen LogP contribution < -0.4 is 0 Å². The third-order valence-electron chi connectivity index (χ3n) is 9.84. The van der Waals surface area contributed by atoms with Crippen molar-refractivity contribution in [1.29, 1.82) is 0 Å². The van der Waals surface area contributed by atoms with Crippen molar-refractivity contribution in [3.05, 3.63) is 170 Å². The predicted octanol–water partition coefficient (Wildman–Crippen LogP) is 13.2. The third-order valence-corrected chi connectivity index (χ3v) is 9.84. The fourth-order valence-corrected chi connectivity index (χ4v) is 7.81. The first-order chi connectivity index (χ1) is 23.3. The molecule has 10 rings (SSSR count). The summed E-state index contributed by atoms with van der Waals surface area (Å²) < 4.78 is 6.34. The molecule has 0 fully saturated rings. The van der Waals surface area contributed by atoms with Crippen molar-refractivity contribution in [2.24, 2.45) is 0 Å². The Morgan fingerprint density at radius 2 is 0.787 bits per heavy atom. The molecule has 0 atom stereocenters. The van der Waals surface area contributed by atoms with Gasteiger partial charge in [-0.1, -0.05) is 152 Å². The molecule has 0 unspecified atom stereocenters. The van der Waals surface area contributed by atoms with E-state index >= 15 is 0 Å². The Morgan fingerprint density at radius 1 is 0.298 bits per heavy atom. The van der Waals surface area contributed by atoms with Crippen molar-refractivity contribution >= 4 is 54.3 Å². The highest BCUT2D eigenvalue weighted by Gasteiger charge is 2.22. The van der Waals surface area contributed by atoms with Crippen LogP contribution in [0.3, 0.4) is 0 Å². The second-order valence-electron chi connectivity index (χ2n) is 12.4. The lowest BCUT2D eigenvalue weighted by Gasteiger charge is -2.20. The fourth-order valence-electron chi connectivity index (χ4n) is 7.81. The van der Waals surface area contributed by atoms with E-state index in [1.807, 2.05) is 0 Å². The summed E-state index contributed by atoms with van der Waals surface area (Å²) in [4.78, 5) is 0. The Hall–Kier alpha value is -6.18. The van der Waals surface area contributed by atoms with E-state index in [2.05, 4.69) is 170 Å². The minimum absolute atomic E-state index is 0.938. The standard InChI is InChI=1S/C46H28O/c1-2-12-29(13-3-1)30-24-26-31(27-25-30)33-15-4-5-16-34(33)44-35-17-6-8-19-37(35)45(38-20-9-7-18-36(38)44)40-28-32-14-10-22-41-43(32)46-39(40)21-11-23-42(46)47-41/h1-28H. The van der Waals surface area contributed by atoms with Crippen LogP contribution in [-0.2, 0) is 0 Å². The summed E-state index contributed by atoms with van der Waals surface area (Å²) in [6.45, 7) is 0.